The van der Waals surface area contributed by atoms with Gasteiger partial charge in [-0.1, -0.05) is 11.6 Å². The van der Waals surface area contributed by atoms with Crippen molar-refractivity contribution in [3.8, 4) is 16.9 Å². The van der Waals surface area contributed by atoms with Crippen molar-refractivity contribution < 1.29 is 9.84 Å². The molecule has 4 heterocycles. The normalized spacial score (nSPS) is 21.2. The van der Waals surface area contributed by atoms with E-state index in [0.717, 1.165) is 59.7 Å². The molecular weight excluding hydrogens is 364 g/mol. The Bertz CT molecular complexity index is 983. The molecule has 27 heavy (non-hydrogen) atoms. The van der Waals surface area contributed by atoms with Gasteiger partial charge in [0, 0.05) is 66.7 Å². The third kappa shape index (κ3) is 2.99. The van der Waals surface area contributed by atoms with Crippen LogP contribution < -0.4 is 10.1 Å². The van der Waals surface area contributed by atoms with Crippen molar-refractivity contribution in [3.63, 3.8) is 0 Å². The number of hydrogen-bond donors (Lipinski definition) is 3. The fourth-order valence-electron chi connectivity index (χ4n) is 4.08. The number of piperazine rings is 1. The summed E-state index contributed by atoms with van der Waals surface area (Å²) in [6, 6.07) is 7.78. The van der Waals surface area contributed by atoms with Gasteiger partial charge in [-0.15, -0.1) is 0 Å². The number of H-pyrrole nitrogens is 1. The lowest BCUT2D eigenvalue weighted by Gasteiger charge is -2.34. The van der Waals surface area contributed by atoms with Gasteiger partial charge < -0.3 is 20.1 Å². The van der Waals surface area contributed by atoms with Crippen LogP contribution in [0.5, 0.6) is 5.75 Å². The number of pyridine rings is 1. The SMILES string of the molecule is OC(C1Cc2cc(Cl)cc(-c3ccnc4cc[nH]c34)c2O1)N1CCNCC1. The first-order valence-electron chi connectivity index (χ1n) is 9.25. The molecule has 2 aliphatic heterocycles. The van der Waals surface area contributed by atoms with E-state index < -0.39 is 6.23 Å². The number of aromatic amines is 1. The van der Waals surface area contributed by atoms with Crippen molar-refractivity contribution in [2.45, 2.75) is 18.8 Å². The Morgan fingerprint density at radius 3 is 2.93 bits per heavy atom. The largest absolute Gasteiger partial charge is 0.485 e. The van der Waals surface area contributed by atoms with Crippen LogP contribution in [0.1, 0.15) is 5.56 Å². The highest BCUT2D eigenvalue weighted by atomic mass is 35.5. The molecule has 2 atom stereocenters. The summed E-state index contributed by atoms with van der Waals surface area (Å²) in [5.74, 6) is 0.806. The minimum atomic E-state index is -0.630. The third-order valence-corrected chi connectivity index (χ3v) is 5.64. The van der Waals surface area contributed by atoms with E-state index in [2.05, 4.69) is 20.2 Å². The van der Waals surface area contributed by atoms with E-state index in [-0.39, 0.29) is 6.10 Å². The van der Waals surface area contributed by atoms with Gasteiger partial charge in [-0.3, -0.25) is 9.88 Å². The molecule has 7 heteroatoms. The molecule has 3 aromatic rings. The highest BCUT2D eigenvalue weighted by Gasteiger charge is 2.35. The van der Waals surface area contributed by atoms with Crippen LogP contribution in [0.2, 0.25) is 5.02 Å². The van der Waals surface area contributed by atoms with Crippen LogP contribution in [-0.4, -0.2) is 58.5 Å². The van der Waals surface area contributed by atoms with E-state index in [1.54, 1.807) is 6.20 Å². The lowest BCUT2D eigenvalue weighted by atomic mass is 10.00. The number of rotatable bonds is 3. The summed E-state index contributed by atoms with van der Waals surface area (Å²) < 4.78 is 6.28. The zero-order chi connectivity index (χ0) is 18.4. The molecule has 1 saturated heterocycles. The van der Waals surface area contributed by atoms with Crippen LogP contribution in [0.4, 0.5) is 0 Å². The molecule has 0 spiro atoms. The zero-order valence-corrected chi connectivity index (χ0v) is 15.5. The van der Waals surface area contributed by atoms with E-state index >= 15 is 0 Å². The van der Waals surface area contributed by atoms with Gasteiger partial charge in [0.2, 0.25) is 0 Å². The van der Waals surface area contributed by atoms with Crippen LogP contribution in [0.15, 0.2) is 36.7 Å². The molecule has 0 amide bonds. The van der Waals surface area contributed by atoms with Gasteiger partial charge in [-0.05, 0) is 24.3 Å². The van der Waals surface area contributed by atoms with Crippen LogP contribution in [0.3, 0.4) is 0 Å². The molecule has 1 fully saturated rings. The first-order valence-corrected chi connectivity index (χ1v) is 9.63. The third-order valence-electron chi connectivity index (χ3n) is 5.42. The van der Waals surface area contributed by atoms with Gasteiger partial charge in [-0.2, -0.15) is 0 Å². The van der Waals surface area contributed by atoms with Crippen LogP contribution in [-0.2, 0) is 6.42 Å². The van der Waals surface area contributed by atoms with Crippen LogP contribution in [0, 0.1) is 0 Å². The molecule has 0 radical (unpaired) electrons. The van der Waals surface area contributed by atoms with Gasteiger partial charge in [0.15, 0.2) is 0 Å². The fraction of sp³-hybridized carbons (Fsp3) is 0.350. The summed E-state index contributed by atoms with van der Waals surface area (Å²) in [6.07, 6.45) is 3.39. The average Bonchev–Trinajstić information content (AvgIpc) is 3.34. The second-order valence-corrected chi connectivity index (χ2v) is 7.53. The van der Waals surface area contributed by atoms with Gasteiger partial charge in [-0.25, -0.2) is 0 Å². The summed E-state index contributed by atoms with van der Waals surface area (Å²) in [6.45, 7) is 3.40. The number of fused-ring (bicyclic) bond motifs is 2. The van der Waals surface area contributed by atoms with Crippen molar-refractivity contribution >= 4 is 22.6 Å². The lowest BCUT2D eigenvalue weighted by molar-refractivity contribution is -0.0692. The van der Waals surface area contributed by atoms with Crippen LogP contribution in [0.25, 0.3) is 22.2 Å². The summed E-state index contributed by atoms with van der Waals surface area (Å²) in [4.78, 5) is 9.72. The van der Waals surface area contributed by atoms with E-state index in [1.165, 1.54) is 0 Å². The Balaban J connectivity index is 1.52. The summed E-state index contributed by atoms with van der Waals surface area (Å²) in [5.41, 5.74) is 4.82. The number of hydrogen-bond acceptors (Lipinski definition) is 5. The minimum Gasteiger partial charge on any atom is -0.485 e. The number of aliphatic hydroxyl groups excluding tert-OH is 1. The molecule has 3 N–H and O–H groups in total. The minimum absolute atomic E-state index is 0.295. The fourth-order valence-corrected chi connectivity index (χ4v) is 4.32. The number of nitrogens with one attached hydrogen (secondary N) is 2. The maximum Gasteiger partial charge on any atom is 0.145 e. The topological polar surface area (TPSA) is 73.4 Å². The van der Waals surface area contributed by atoms with Crippen LogP contribution >= 0.6 is 11.6 Å². The molecule has 0 aliphatic carbocycles. The maximum absolute atomic E-state index is 10.8. The molecule has 0 bridgehead atoms. The summed E-state index contributed by atoms with van der Waals surface area (Å²) in [7, 11) is 0. The van der Waals surface area contributed by atoms with Crippen molar-refractivity contribution in [2.75, 3.05) is 26.2 Å². The standard InChI is InChI=1S/C20H21ClN4O2/c21-13-9-12-10-17(20(26)25-7-5-22-6-8-25)27-19(12)15(11-13)14-1-3-23-16-2-4-24-18(14)16/h1-4,9,11,17,20,22,24,26H,5-8,10H2. The summed E-state index contributed by atoms with van der Waals surface area (Å²) >= 11 is 6.42. The van der Waals surface area contributed by atoms with E-state index in [4.69, 9.17) is 16.3 Å². The average molecular weight is 385 g/mol. The smallest absolute Gasteiger partial charge is 0.145 e. The Hall–Kier alpha value is -2.12. The Kier molecular flexibility index (Phi) is 4.28. The highest BCUT2D eigenvalue weighted by Crippen LogP contribution is 2.43. The monoisotopic (exact) mass is 384 g/mol. The molecule has 2 unspecified atom stereocenters. The molecule has 0 saturated carbocycles. The Labute approximate surface area is 162 Å². The number of aromatic nitrogens is 2. The number of ether oxygens (including phenoxy) is 1. The van der Waals surface area contributed by atoms with Gasteiger partial charge >= 0.3 is 0 Å². The van der Waals surface area contributed by atoms with Crippen molar-refractivity contribution in [2.24, 2.45) is 0 Å². The molecule has 2 aliphatic rings. The number of benzene rings is 1. The van der Waals surface area contributed by atoms with Crippen molar-refractivity contribution in [3.05, 3.63) is 47.2 Å². The lowest BCUT2D eigenvalue weighted by Crippen LogP contribution is -2.53. The Morgan fingerprint density at radius 1 is 1.22 bits per heavy atom. The van der Waals surface area contributed by atoms with Crippen molar-refractivity contribution in [1.82, 2.24) is 20.2 Å². The zero-order valence-electron chi connectivity index (χ0n) is 14.8. The molecule has 2 aromatic heterocycles. The van der Waals surface area contributed by atoms with E-state index in [1.807, 2.05) is 30.5 Å². The number of nitrogens with zero attached hydrogens (tertiary/aromatic N) is 2. The molecule has 1 aromatic carbocycles. The number of halogens is 1. The second-order valence-electron chi connectivity index (χ2n) is 7.10. The van der Waals surface area contributed by atoms with E-state index in [0.29, 0.717) is 11.4 Å². The quantitative estimate of drug-likeness (QED) is 0.646. The molecule has 6 nitrogen and oxygen atoms in total. The van der Waals surface area contributed by atoms with E-state index in [9.17, 15) is 5.11 Å². The molecule has 5 rings (SSSR count). The molecular formula is C20H21ClN4O2. The summed E-state index contributed by atoms with van der Waals surface area (Å²) in [5, 5.41) is 14.8. The van der Waals surface area contributed by atoms with Gasteiger partial charge in [0.05, 0.1) is 11.0 Å². The first kappa shape index (κ1) is 17.0. The Morgan fingerprint density at radius 2 is 2.07 bits per heavy atom. The van der Waals surface area contributed by atoms with Gasteiger partial charge in [0.25, 0.3) is 0 Å². The number of aliphatic hydroxyl groups is 1. The van der Waals surface area contributed by atoms with Gasteiger partial charge in [0.1, 0.15) is 18.1 Å². The maximum atomic E-state index is 10.8. The van der Waals surface area contributed by atoms with Crippen molar-refractivity contribution in [1.29, 1.82) is 0 Å². The predicted molar refractivity (Wildman–Crippen MR) is 105 cm³/mol. The highest BCUT2D eigenvalue weighted by molar-refractivity contribution is 6.31. The first-order chi connectivity index (χ1) is 13.2. The predicted octanol–water partition coefficient (Wildman–Crippen LogP) is 2.41. The second kappa shape index (κ2) is 6.80. The molecule has 140 valence electrons.